The molecule has 0 heterocycles. The van der Waals surface area contributed by atoms with Gasteiger partial charge in [0.15, 0.2) is 0 Å². The van der Waals surface area contributed by atoms with Crippen LogP contribution in [0.4, 0.5) is 4.39 Å². The third-order valence-corrected chi connectivity index (χ3v) is 1.82. The Morgan fingerprint density at radius 3 is 2.87 bits per heavy atom. The Morgan fingerprint density at radius 2 is 2.33 bits per heavy atom. The van der Waals surface area contributed by atoms with Crippen LogP contribution in [-0.4, -0.2) is 31.3 Å². The molecule has 0 unspecified atom stereocenters. The molecule has 5 heteroatoms. The fourth-order valence-corrected chi connectivity index (χ4v) is 1.07. The Balaban J connectivity index is 2.81. The number of aliphatic hydroxyl groups excluding tert-OH is 1. The van der Waals surface area contributed by atoms with Gasteiger partial charge in [0.25, 0.3) is 5.91 Å². The highest BCUT2D eigenvalue weighted by atomic mass is 19.1. The van der Waals surface area contributed by atoms with Gasteiger partial charge >= 0.3 is 0 Å². The minimum absolute atomic E-state index is 0.0655. The highest BCUT2D eigenvalue weighted by molar-refractivity contribution is 5.94. The first-order valence-corrected chi connectivity index (χ1v) is 4.41. The fourth-order valence-electron chi connectivity index (χ4n) is 1.07. The lowest BCUT2D eigenvalue weighted by Crippen LogP contribution is -2.27. The zero-order chi connectivity index (χ0) is 11.3. The van der Waals surface area contributed by atoms with Gasteiger partial charge in [-0.25, -0.2) is 4.39 Å². The topological polar surface area (TPSA) is 58.6 Å². The van der Waals surface area contributed by atoms with Crippen LogP contribution in [0.5, 0.6) is 5.75 Å². The van der Waals surface area contributed by atoms with Crippen LogP contribution >= 0.6 is 0 Å². The van der Waals surface area contributed by atoms with Crippen LogP contribution in [0.15, 0.2) is 18.2 Å². The molecule has 0 aromatic heterocycles. The normalized spacial score (nSPS) is 9.80. The van der Waals surface area contributed by atoms with E-state index in [1.807, 2.05) is 0 Å². The van der Waals surface area contributed by atoms with Crippen LogP contribution < -0.4 is 10.1 Å². The van der Waals surface area contributed by atoms with Crippen molar-refractivity contribution in [2.24, 2.45) is 0 Å². The van der Waals surface area contributed by atoms with Gasteiger partial charge in [-0.3, -0.25) is 4.79 Å². The number of carbonyl (C=O) groups excluding carboxylic acids is 1. The number of amides is 1. The summed E-state index contributed by atoms with van der Waals surface area (Å²) in [5, 5.41) is 10.8. The highest BCUT2D eigenvalue weighted by Gasteiger charge is 2.11. The molecule has 2 N–H and O–H groups in total. The second-order valence-corrected chi connectivity index (χ2v) is 2.83. The van der Waals surface area contributed by atoms with E-state index in [0.717, 1.165) is 6.07 Å². The second-order valence-electron chi connectivity index (χ2n) is 2.83. The van der Waals surface area contributed by atoms with Gasteiger partial charge in [-0.15, -0.1) is 0 Å². The Labute approximate surface area is 86.7 Å². The van der Waals surface area contributed by atoms with E-state index >= 15 is 0 Å². The van der Waals surface area contributed by atoms with E-state index < -0.39 is 11.7 Å². The summed E-state index contributed by atoms with van der Waals surface area (Å²) in [4.78, 5) is 11.3. The maximum atomic E-state index is 13.3. The molecule has 0 fully saturated rings. The van der Waals surface area contributed by atoms with Gasteiger partial charge in [0, 0.05) is 12.6 Å². The molecule has 0 aliphatic rings. The molecule has 1 amide bonds. The summed E-state index contributed by atoms with van der Waals surface area (Å²) in [7, 11) is 1.42. The van der Waals surface area contributed by atoms with Crippen LogP contribution in [0.1, 0.15) is 10.4 Å². The monoisotopic (exact) mass is 213 g/mol. The summed E-state index contributed by atoms with van der Waals surface area (Å²) in [6, 6.07) is 3.96. The minimum Gasteiger partial charge on any atom is -0.497 e. The van der Waals surface area contributed by atoms with Gasteiger partial charge in [-0.05, 0) is 12.1 Å². The van der Waals surface area contributed by atoms with Gasteiger partial charge < -0.3 is 15.2 Å². The molecule has 1 aromatic carbocycles. The lowest BCUT2D eigenvalue weighted by atomic mass is 10.2. The summed E-state index contributed by atoms with van der Waals surface area (Å²) in [5.41, 5.74) is -0.0655. The van der Waals surface area contributed by atoms with E-state index in [2.05, 4.69) is 5.32 Å². The SMILES string of the molecule is COc1ccc(C(=O)NCCO)c(F)c1. The van der Waals surface area contributed by atoms with Crippen molar-refractivity contribution in [3.05, 3.63) is 29.6 Å². The predicted molar refractivity (Wildman–Crippen MR) is 52.4 cm³/mol. The molecule has 0 bridgehead atoms. The van der Waals surface area contributed by atoms with E-state index in [1.54, 1.807) is 0 Å². The van der Waals surface area contributed by atoms with E-state index in [9.17, 15) is 9.18 Å². The first-order chi connectivity index (χ1) is 7.19. The average Bonchev–Trinajstić information content (AvgIpc) is 2.25. The zero-order valence-corrected chi connectivity index (χ0v) is 8.29. The summed E-state index contributed by atoms with van der Waals surface area (Å²) in [6.45, 7) is -0.0756. The third kappa shape index (κ3) is 2.92. The van der Waals surface area contributed by atoms with Crippen molar-refractivity contribution < 1.29 is 19.0 Å². The van der Waals surface area contributed by atoms with Crippen LogP contribution in [0.25, 0.3) is 0 Å². The van der Waals surface area contributed by atoms with Crippen LogP contribution in [-0.2, 0) is 0 Å². The second kappa shape index (κ2) is 5.31. The average molecular weight is 213 g/mol. The van der Waals surface area contributed by atoms with Gasteiger partial charge in [-0.1, -0.05) is 0 Å². The van der Waals surface area contributed by atoms with Gasteiger partial charge in [0.05, 0.1) is 19.3 Å². The summed E-state index contributed by atoms with van der Waals surface area (Å²) in [5.74, 6) is -0.847. The van der Waals surface area contributed by atoms with Crippen LogP contribution in [0.3, 0.4) is 0 Å². The Morgan fingerprint density at radius 1 is 1.60 bits per heavy atom. The number of ether oxygens (including phenoxy) is 1. The molecule has 0 saturated heterocycles. The minimum atomic E-state index is -0.648. The number of rotatable bonds is 4. The Bertz CT molecular complexity index is 355. The molecular formula is C10H12FNO3. The molecular weight excluding hydrogens is 201 g/mol. The van der Waals surface area contributed by atoms with Crippen molar-refractivity contribution in [2.75, 3.05) is 20.3 Å². The third-order valence-electron chi connectivity index (χ3n) is 1.82. The first kappa shape index (κ1) is 11.5. The number of aliphatic hydroxyl groups is 1. The molecule has 1 rings (SSSR count). The quantitative estimate of drug-likeness (QED) is 0.768. The molecule has 1 aromatic rings. The van der Waals surface area contributed by atoms with Gasteiger partial charge in [-0.2, -0.15) is 0 Å². The summed E-state index contributed by atoms with van der Waals surface area (Å²) < 4.78 is 18.1. The maximum absolute atomic E-state index is 13.3. The number of methoxy groups -OCH3 is 1. The molecule has 0 saturated carbocycles. The molecule has 82 valence electrons. The zero-order valence-electron chi connectivity index (χ0n) is 8.29. The molecule has 0 atom stereocenters. The lowest BCUT2D eigenvalue weighted by molar-refractivity contribution is 0.0940. The summed E-state index contributed by atoms with van der Waals surface area (Å²) in [6.07, 6.45) is 0. The predicted octanol–water partition coefficient (Wildman–Crippen LogP) is 0.556. The van der Waals surface area contributed by atoms with E-state index in [1.165, 1.54) is 19.2 Å². The van der Waals surface area contributed by atoms with Gasteiger partial charge in [0.1, 0.15) is 11.6 Å². The lowest BCUT2D eigenvalue weighted by Gasteiger charge is -2.05. The molecule has 0 spiro atoms. The smallest absolute Gasteiger partial charge is 0.254 e. The summed E-state index contributed by atoms with van der Waals surface area (Å²) >= 11 is 0. The van der Waals surface area contributed by atoms with E-state index in [4.69, 9.17) is 9.84 Å². The number of hydrogen-bond donors (Lipinski definition) is 2. The largest absolute Gasteiger partial charge is 0.497 e. The van der Waals surface area contributed by atoms with Crippen molar-refractivity contribution in [1.82, 2.24) is 5.32 Å². The molecule has 4 nitrogen and oxygen atoms in total. The molecule has 15 heavy (non-hydrogen) atoms. The van der Waals surface area contributed by atoms with Crippen molar-refractivity contribution in [3.8, 4) is 5.75 Å². The standard InChI is InChI=1S/C10H12FNO3/c1-15-7-2-3-8(9(11)6-7)10(14)12-4-5-13/h2-3,6,13H,4-5H2,1H3,(H,12,14). The Kier molecular flexibility index (Phi) is 4.05. The van der Waals surface area contributed by atoms with Crippen LogP contribution in [0.2, 0.25) is 0 Å². The molecule has 0 radical (unpaired) electrons. The number of halogens is 1. The van der Waals surface area contributed by atoms with Crippen molar-refractivity contribution >= 4 is 5.91 Å². The van der Waals surface area contributed by atoms with Crippen molar-refractivity contribution in [2.45, 2.75) is 0 Å². The number of nitrogens with one attached hydrogen (secondary N) is 1. The number of hydrogen-bond acceptors (Lipinski definition) is 3. The number of carbonyl (C=O) groups is 1. The maximum Gasteiger partial charge on any atom is 0.254 e. The van der Waals surface area contributed by atoms with E-state index in [-0.39, 0.29) is 18.7 Å². The highest BCUT2D eigenvalue weighted by Crippen LogP contribution is 2.15. The van der Waals surface area contributed by atoms with Crippen LogP contribution in [0, 0.1) is 5.82 Å². The van der Waals surface area contributed by atoms with Gasteiger partial charge in [0.2, 0.25) is 0 Å². The molecule has 0 aliphatic carbocycles. The first-order valence-electron chi connectivity index (χ1n) is 4.41. The number of benzene rings is 1. The van der Waals surface area contributed by atoms with Crippen molar-refractivity contribution in [1.29, 1.82) is 0 Å². The van der Waals surface area contributed by atoms with Crippen molar-refractivity contribution in [3.63, 3.8) is 0 Å². The molecule has 0 aliphatic heterocycles. The Hall–Kier alpha value is -1.62. The van der Waals surface area contributed by atoms with E-state index in [0.29, 0.717) is 5.75 Å². The fraction of sp³-hybridized carbons (Fsp3) is 0.300.